The van der Waals surface area contributed by atoms with Crippen molar-refractivity contribution in [3.05, 3.63) is 28.8 Å². The predicted octanol–water partition coefficient (Wildman–Crippen LogP) is 1.89. The highest BCUT2D eigenvalue weighted by atomic mass is 35.5. The molecule has 2 amide bonds. The molecule has 1 aromatic carbocycles. The molecule has 5 N–H and O–H groups in total. The molecule has 2 unspecified atom stereocenters. The van der Waals surface area contributed by atoms with Crippen molar-refractivity contribution in [2.24, 2.45) is 17.4 Å². The van der Waals surface area contributed by atoms with Crippen LogP contribution in [0.1, 0.15) is 36.0 Å². The Morgan fingerprint density at radius 1 is 1.25 bits per heavy atom. The molecule has 1 saturated carbocycles. The maximum absolute atomic E-state index is 12.2. The van der Waals surface area contributed by atoms with Crippen LogP contribution in [0, 0.1) is 5.92 Å². The van der Waals surface area contributed by atoms with Gasteiger partial charge >= 0.3 is 0 Å². The summed E-state index contributed by atoms with van der Waals surface area (Å²) in [6.45, 7) is 0. The summed E-state index contributed by atoms with van der Waals surface area (Å²) in [5.41, 5.74) is 11.9. The predicted molar refractivity (Wildman–Crippen MR) is 78.5 cm³/mol. The van der Waals surface area contributed by atoms with Crippen molar-refractivity contribution in [1.29, 1.82) is 0 Å². The van der Waals surface area contributed by atoms with Crippen LogP contribution in [-0.2, 0) is 4.79 Å². The molecule has 5 nitrogen and oxygen atoms in total. The molecule has 0 bridgehead atoms. The Kier molecular flexibility index (Phi) is 4.62. The largest absolute Gasteiger partial charge is 0.366 e. The van der Waals surface area contributed by atoms with Crippen LogP contribution >= 0.6 is 11.6 Å². The average Bonchev–Trinajstić information content (AvgIpc) is 2.41. The van der Waals surface area contributed by atoms with Gasteiger partial charge in [-0.15, -0.1) is 0 Å². The summed E-state index contributed by atoms with van der Waals surface area (Å²) in [6, 6.07) is 4.56. The van der Waals surface area contributed by atoms with Crippen molar-refractivity contribution in [1.82, 2.24) is 0 Å². The molecule has 0 radical (unpaired) electrons. The Balaban J connectivity index is 2.11. The van der Waals surface area contributed by atoms with Crippen LogP contribution in [-0.4, -0.2) is 17.9 Å². The third kappa shape index (κ3) is 3.29. The molecule has 1 fully saturated rings. The van der Waals surface area contributed by atoms with E-state index in [-0.39, 0.29) is 28.5 Å². The zero-order valence-electron chi connectivity index (χ0n) is 11.1. The highest BCUT2D eigenvalue weighted by Gasteiger charge is 2.28. The van der Waals surface area contributed by atoms with Gasteiger partial charge in [0.1, 0.15) is 0 Å². The number of halogens is 1. The number of hydrogen-bond acceptors (Lipinski definition) is 3. The lowest BCUT2D eigenvalue weighted by molar-refractivity contribution is -0.121. The Bertz CT molecular complexity index is 533. The minimum Gasteiger partial charge on any atom is -0.366 e. The molecule has 1 aromatic rings. The molecular weight excluding hydrogens is 278 g/mol. The summed E-state index contributed by atoms with van der Waals surface area (Å²) in [5, 5.41) is 3.05. The molecule has 20 heavy (non-hydrogen) atoms. The number of carbonyl (C=O) groups excluding carboxylic acids is 2. The number of nitrogens with two attached hydrogens (primary N) is 2. The number of nitrogens with one attached hydrogen (secondary N) is 1. The highest BCUT2D eigenvalue weighted by molar-refractivity contribution is 6.34. The van der Waals surface area contributed by atoms with E-state index in [0.717, 1.165) is 25.7 Å². The fourth-order valence-electron chi connectivity index (χ4n) is 2.51. The fourth-order valence-corrected chi connectivity index (χ4v) is 2.72. The van der Waals surface area contributed by atoms with Gasteiger partial charge in [-0.05, 0) is 31.0 Å². The second-order valence-electron chi connectivity index (χ2n) is 5.10. The Morgan fingerprint density at radius 2 is 1.95 bits per heavy atom. The first-order chi connectivity index (χ1) is 9.49. The average molecular weight is 296 g/mol. The van der Waals surface area contributed by atoms with Gasteiger partial charge in [-0.2, -0.15) is 0 Å². The first-order valence-electron chi connectivity index (χ1n) is 6.65. The standard InChI is InChI=1S/C14H18ClN3O2/c15-11-6-5-8(7-10(11)13(17)19)18-14(20)9-3-1-2-4-12(9)16/h5-7,9,12H,1-4,16H2,(H2,17,19)(H,18,20). The minimum absolute atomic E-state index is 0.105. The molecule has 108 valence electrons. The van der Waals surface area contributed by atoms with Gasteiger partial charge in [0, 0.05) is 11.7 Å². The number of anilines is 1. The molecule has 0 aliphatic heterocycles. The SMILES string of the molecule is NC(=O)c1cc(NC(=O)C2CCCCC2N)ccc1Cl. The normalized spacial score (nSPS) is 22.3. The summed E-state index contributed by atoms with van der Waals surface area (Å²) in [6.07, 6.45) is 3.74. The molecule has 1 aliphatic rings. The van der Waals surface area contributed by atoms with Gasteiger partial charge in [0.15, 0.2) is 0 Å². The van der Waals surface area contributed by atoms with Crippen LogP contribution in [0.4, 0.5) is 5.69 Å². The van der Waals surface area contributed by atoms with Gasteiger partial charge in [-0.1, -0.05) is 24.4 Å². The van der Waals surface area contributed by atoms with E-state index in [4.69, 9.17) is 23.1 Å². The fraction of sp³-hybridized carbons (Fsp3) is 0.429. The molecule has 0 aromatic heterocycles. The Labute approximate surface area is 122 Å². The van der Waals surface area contributed by atoms with E-state index in [1.165, 1.54) is 12.1 Å². The van der Waals surface area contributed by atoms with E-state index in [1.807, 2.05) is 0 Å². The van der Waals surface area contributed by atoms with Gasteiger partial charge in [-0.3, -0.25) is 9.59 Å². The topological polar surface area (TPSA) is 98.2 Å². The smallest absolute Gasteiger partial charge is 0.250 e. The second-order valence-corrected chi connectivity index (χ2v) is 5.51. The third-order valence-corrected chi connectivity index (χ3v) is 3.99. The molecule has 2 atom stereocenters. The van der Waals surface area contributed by atoms with E-state index < -0.39 is 5.91 Å². The van der Waals surface area contributed by atoms with E-state index in [2.05, 4.69) is 5.32 Å². The summed E-state index contributed by atoms with van der Waals surface area (Å²) in [5.74, 6) is -0.924. The van der Waals surface area contributed by atoms with Crippen LogP contribution in [0.25, 0.3) is 0 Å². The van der Waals surface area contributed by atoms with Crippen molar-refractivity contribution in [2.45, 2.75) is 31.7 Å². The first-order valence-corrected chi connectivity index (χ1v) is 7.02. The van der Waals surface area contributed by atoms with E-state index >= 15 is 0 Å². The first kappa shape index (κ1) is 14.8. The quantitative estimate of drug-likeness (QED) is 0.794. The Hall–Kier alpha value is -1.59. The van der Waals surface area contributed by atoms with Crippen LogP contribution in [0.15, 0.2) is 18.2 Å². The van der Waals surface area contributed by atoms with Crippen LogP contribution < -0.4 is 16.8 Å². The van der Waals surface area contributed by atoms with Crippen molar-refractivity contribution in [3.63, 3.8) is 0 Å². The molecule has 2 rings (SSSR count). The van der Waals surface area contributed by atoms with Crippen LogP contribution in [0.5, 0.6) is 0 Å². The summed E-state index contributed by atoms with van der Waals surface area (Å²) < 4.78 is 0. The number of amides is 2. The van der Waals surface area contributed by atoms with Gasteiger partial charge in [-0.25, -0.2) is 0 Å². The number of primary amides is 1. The van der Waals surface area contributed by atoms with Gasteiger partial charge in [0.2, 0.25) is 11.8 Å². The number of rotatable bonds is 3. The molecule has 0 heterocycles. The van der Waals surface area contributed by atoms with Crippen molar-refractivity contribution >= 4 is 29.1 Å². The number of carbonyl (C=O) groups is 2. The van der Waals surface area contributed by atoms with Crippen molar-refractivity contribution in [3.8, 4) is 0 Å². The molecular formula is C14H18ClN3O2. The molecule has 6 heteroatoms. The summed E-state index contributed by atoms with van der Waals surface area (Å²) in [7, 11) is 0. The zero-order chi connectivity index (χ0) is 14.7. The monoisotopic (exact) mass is 295 g/mol. The lowest BCUT2D eigenvalue weighted by Crippen LogP contribution is -2.40. The maximum Gasteiger partial charge on any atom is 0.250 e. The second kappa shape index (κ2) is 6.24. The van der Waals surface area contributed by atoms with Crippen LogP contribution in [0.3, 0.4) is 0 Å². The van der Waals surface area contributed by atoms with Crippen molar-refractivity contribution < 1.29 is 9.59 Å². The lowest BCUT2D eigenvalue weighted by atomic mass is 9.84. The maximum atomic E-state index is 12.2. The number of benzene rings is 1. The van der Waals surface area contributed by atoms with E-state index in [9.17, 15) is 9.59 Å². The van der Waals surface area contributed by atoms with Crippen LogP contribution in [0.2, 0.25) is 5.02 Å². The van der Waals surface area contributed by atoms with Gasteiger partial charge in [0.05, 0.1) is 16.5 Å². The lowest BCUT2D eigenvalue weighted by Gasteiger charge is -2.27. The molecule has 0 saturated heterocycles. The van der Waals surface area contributed by atoms with Crippen molar-refractivity contribution in [2.75, 3.05) is 5.32 Å². The van der Waals surface area contributed by atoms with Gasteiger partial charge in [0.25, 0.3) is 0 Å². The number of hydrogen-bond donors (Lipinski definition) is 3. The van der Waals surface area contributed by atoms with Gasteiger partial charge < -0.3 is 16.8 Å². The Morgan fingerprint density at radius 3 is 2.60 bits per heavy atom. The highest BCUT2D eigenvalue weighted by Crippen LogP contribution is 2.25. The third-order valence-electron chi connectivity index (χ3n) is 3.66. The van der Waals surface area contributed by atoms with E-state index in [0.29, 0.717) is 5.69 Å². The summed E-state index contributed by atoms with van der Waals surface area (Å²) in [4.78, 5) is 23.4. The molecule has 1 aliphatic carbocycles. The molecule has 0 spiro atoms. The zero-order valence-corrected chi connectivity index (χ0v) is 11.8. The van der Waals surface area contributed by atoms with E-state index in [1.54, 1.807) is 6.07 Å². The summed E-state index contributed by atoms with van der Waals surface area (Å²) >= 11 is 5.87. The minimum atomic E-state index is -0.625.